The molecule has 0 fully saturated rings. The largest absolute Gasteiger partial charge is 0.507 e. The summed E-state index contributed by atoms with van der Waals surface area (Å²) >= 11 is 1.07. The van der Waals surface area contributed by atoms with E-state index < -0.39 is 5.97 Å². The maximum absolute atomic E-state index is 11.0. The van der Waals surface area contributed by atoms with E-state index in [9.17, 15) is 15.2 Å². The minimum absolute atomic E-state index is 0.260. The van der Waals surface area contributed by atoms with Crippen molar-refractivity contribution in [3.63, 3.8) is 0 Å². The van der Waals surface area contributed by atoms with E-state index in [0.29, 0.717) is 27.2 Å². The first kappa shape index (κ1) is 15.5. The molecule has 8 nitrogen and oxygen atoms in total. The number of benzene rings is 1. The Morgan fingerprint density at radius 2 is 2.17 bits per heavy atom. The van der Waals surface area contributed by atoms with Crippen LogP contribution in [0.1, 0.15) is 21.6 Å². The Hall–Kier alpha value is -3.38. The lowest BCUT2D eigenvalue weighted by Gasteiger charge is -1.99. The molecule has 0 amide bonds. The summed E-state index contributed by atoms with van der Waals surface area (Å²) in [6.45, 7) is 1.72. The number of carbonyl (C=O) groups is 1. The number of nitrogens with zero attached hydrogens (tertiary/aromatic N) is 5. The topological polar surface area (TPSA) is 132 Å². The maximum atomic E-state index is 11.0. The van der Waals surface area contributed by atoms with Gasteiger partial charge in [0, 0.05) is 6.20 Å². The Balaban J connectivity index is 2.02. The predicted octanol–water partition coefficient (Wildman–Crippen LogP) is 3.69. The Labute approximate surface area is 139 Å². The van der Waals surface area contributed by atoms with Crippen LogP contribution in [0.25, 0.3) is 10.9 Å². The summed E-state index contributed by atoms with van der Waals surface area (Å²) in [7, 11) is 0. The highest BCUT2D eigenvalue weighted by Gasteiger charge is 2.13. The zero-order chi connectivity index (χ0) is 17.3. The highest BCUT2D eigenvalue weighted by Crippen LogP contribution is 2.34. The van der Waals surface area contributed by atoms with Crippen molar-refractivity contribution in [3.05, 3.63) is 41.2 Å². The molecule has 2 N–H and O–H groups in total. The average molecular weight is 339 g/mol. The van der Waals surface area contributed by atoms with Crippen LogP contribution in [0.4, 0.5) is 10.7 Å². The van der Waals surface area contributed by atoms with E-state index in [-0.39, 0.29) is 17.0 Å². The molecule has 0 aliphatic rings. The van der Waals surface area contributed by atoms with Crippen molar-refractivity contribution < 1.29 is 15.0 Å². The third-order valence-corrected chi connectivity index (χ3v) is 4.02. The normalized spacial score (nSPS) is 11.0. The lowest BCUT2D eigenvalue weighted by atomic mass is 10.1. The van der Waals surface area contributed by atoms with Crippen LogP contribution < -0.4 is 0 Å². The maximum Gasteiger partial charge on any atom is 0.339 e. The van der Waals surface area contributed by atoms with Crippen molar-refractivity contribution in [2.24, 2.45) is 10.2 Å². The van der Waals surface area contributed by atoms with Gasteiger partial charge in [0.2, 0.25) is 0 Å². The van der Waals surface area contributed by atoms with Gasteiger partial charge in [-0.05, 0) is 36.7 Å². The molecule has 2 aromatic heterocycles. The minimum Gasteiger partial charge on any atom is -0.507 e. The number of aromatic hydroxyl groups is 1. The molecular formula is C15H9N5O3S. The second-order valence-electron chi connectivity index (χ2n) is 4.79. The third-order valence-electron chi connectivity index (χ3n) is 3.27. The highest BCUT2D eigenvalue weighted by molar-refractivity contribution is 7.11. The molecule has 3 rings (SSSR count). The van der Waals surface area contributed by atoms with Gasteiger partial charge in [-0.2, -0.15) is 9.64 Å². The summed E-state index contributed by atoms with van der Waals surface area (Å²) in [5, 5.41) is 36.7. The van der Waals surface area contributed by atoms with Crippen LogP contribution in [0, 0.1) is 18.3 Å². The number of pyridine rings is 1. The van der Waals surface area contributed by atoms with Gasteiger partial charge in [0.05, 0.1) is 16.8 Å². The molecule has 118 valence electrons. The zero-order valence-corrected chi connectivity index (χ0v) is 13.1. The van der Waals surface area contributed by atoms with Gasteiger partial charge in [-0.25, -0.2) is 4.79 Å². The Morgan fingerprint density at radius 3 is 2.88 bits per heavy atom. The number of aromatic nitrogens is 2. The Bertz CT molecular complexity index is 1040. The molecule has 0 atom stereocenters. The van der Waals surface area contributed by atoms with E-state index in [1.165, 1.54) is 18.2 Å². The Kier molecular flexibility index (Phi) is 3.89. The monoisotopic (exact) mass is 339 g/mol. The number of aromatic carboxylic acids is 1. The molecule has 9 heteroatoms. The van der Waals surface area contributed by atoms with E-state index in [1.54, 1.807) is 13.1 Å². The van der Waals surface area contributed by atoms with Gasteiger partial charge in [0.15, 0.2) is 5.00 Å². The van der Waals surface area contributed by atoms with E-state index in [2.05, 4.69) is 25.7 Å². The Morgan fingerprint density at radius 1 is 1.38 bits per heavy atom. The van der Waals surface area contributed by atoms with Crippen molar-refractivity contribution in [2.45, 2.75) is 6.92 Å². The molecule has 0 saturated heterocycles. The van der Waals surface area contributed by atoms with Gasteiger partial charge in [0.1, 0.15) is 28.5 Å². The lowest BCUT2D eigenvalue weighted by Crippen LogP contribution is -1.95. The molecule has 0 saturated carbocycles. The SMILES string of the molecule is Cc1ncc2c(/N=N/c3ccc(O)c(C(=O)O)c3)snc2c1C#N. The smallest absolute Gasteiger partial charge is 0.339 e. The number of nitriles is 1. The molecular weight excluding hydrogens is 330 g/mol. The van der Waals surface area contributed by atoms with Crippen LogP contribution in [-0.2, 0) is 0 Å². The second kappa shape index (κ2) is 6.02. The average Bonchev–Trinajstić information content (AvgIpc) is 2.97. The van der Waals surface area contributed by atoms with Crippen LogP contribution in [0.15, 0.2) is 34.6 Å². The van der Waals surface area contributed by atoms with Crippen molar-refractivity contribution in [3.8, 4) is 11.8 Å². The van der Waals surface area contributed by atoms with E-state index >= 15 is 0 Å². The summed E-state index contributed by atoms with van der Waals surface area (Å²) in [6.07, 6.45) is 1.57. The van der Waals surface area contributed by atoms with Crippen molar-refractivity contribution in [1.29, 1.82) is 5.26 Å². The highest BCUT2D eigenvalue weighted by atomic mass is 32.1. The number of hydrogen-bond donors (Lipinski definition) is 2. The lowest BCUT2D eigenvalue weighted by molar-refractivity contribution is 0.0694. The fourth-order valence-corrected chi connectivity index (χ4v) is 2.74. The number of phenols is 1. The minimum atomic E-state index is -1.26. The molecule has 2 heterocycles. The van der Waals surface area contributed by atoms with Crippen LogP contribution in [0.5, 0.6) is 5.75 Å². The summed E-state index contributed by atoms with van der Waals surface area (Å²) < 4.78 is 4.21. The number of carboxylic acid groups (broad SMARTS) is 1. The fraction of sp³-hybridized carbons (Fsp3) is 0.0667. The summed E-state index contributed by atoms with van der Waals surface area (Å²) in [5.74, 6) is -1.60. The van der Waals surface area contributed by atoms with Gasteiger partial charge in [-0.3, -0.25) is 4.98 Å². The van der Waals surface area contributed by atoms with E-state index in [1.807, 2.05) is 0 Å². The van der Waals surface area contributed by atoms with Crippen molar-refractivity contribution in [1.82, 2.24) is 9.36 Å². The van der Waals surface area contributed by atoms with Gasteiger partial charge in [0.25, 0.3) is 0 Å². The van der Waals surface area contributed by atoms with E-state index in [4.69, 9.17) is 5.11 Å². The molecule has 0 bridgehead atoms. The summed E-state index contributed by atoms with van der Waals surface area (Å²) in [6, 6.07) is 5.96. The first-order valence-corrected chi connectivity index (χ1v) is 7.41. The number of azo groups is 1. The van der Waals surface area contributed by atoms with Gasteiger partial charge >= 0.3 is 5.97 Å². The number of carboxylic acids is 1. The van der Waals surface area contributed by atoms with Crippen LogP contribution >= 0.6 is 11.5 Å². The summed E-state index contributed by atoms with van der Waals surface area (Å²) in [4.78, 5) is 15.2. The molecule has 0 aliphatic carbocycles. The first-order chi connectivity index (χ1) is 11.5. The molecule has 0 radical (unpaired) electrons. The quantitative estimate of drug-likeness (QED) is 0.699. The third kappa shape index (κ3) is 2.66. The fourth-order valence-electron chi connectivity index (χ4n) is 2.05. The molecule has 3 aromatic rings. The molecule has 24 heavy (non-hydrogen) atoms. The van der Waals surface area contributed by atoms with Crippen LogP contribution in [0.2, 0.25) is 0 Å². The molecule has 0 unspecified atom stereocenters. The second-order valence-corrected chi connectivity index (χ2v) is 5.54. The van der Waals surface area contributed by atoms with Crippen LogP contribution in [-0.4, -0.2) is 25.5 Å². The molecule has 0 spiro atoms. The summed E-state index contributed by atoms with van der Waals surface area (Å²) in [5.41, 5.74) is 1.50. The zero-order valence-electron chi connectivity index (χ0n) is 12.3. The van der Waals surface area contributed by atoms with E-state index in [0.717, 1.165) is 11.5 Å². The predicted molar refractivity (Wildman–Crippen MR) is 86.1 cm³/mol. The number of hydrogen-bond acceptors (Lipinski definition) is 8. The van der Waals surface area contributed by atoms with Gasteiger partial charge in [-0.1, -0.05) is 0 Å². The van der Waals surface area contributed by atoms with Crippen molar-refractivity contribution in [2.75, 3.05) is 0 Å². The first-order valence-electron chi connectivity index (χ1n) is 6.64. The van der Waals surface area contributed by atoms with Gasteiger partial charge in [-0.15, -0.1) is 10.2 Å². The number of rotatable bonds is 3. The van der Waals surface area contributed by atoms with Crippen LogP contribution in [0.3, 0.4) is 0 Å². The number of fused-ring (bicyclic) bond motifs is 1. The molecule has 1 aromatic carbocycles. The van der Waals surface area contributed by atoms with Gasteiger partial charge < -0.3 is 10.2 Å². The standard InChI is InChI=1S/C15H9N5O3S/c1-7-10(5-16)13-11(6-17-7)14(24-20-13)19-18-8-2-3-12(21)9(4-8)15(22)23/h2-4,6,21H,1H3,(H,22,23)/b19-18+. The number of aryl methyl sites for hydroxylation is 1. The molecule has 0 aliphatic heterocycles. The van der Waals surface area contributed by atoms with Crippen molar-refractivity contribution >= 4 is 39.1 Å².